The van der Waals surface area contributed by atoms with Crippen molar-refractivity contribution >= 4 is 21.7 Å². The van der Waals surface area contributed by atoms with Crippen LogP contribution in [0, 0.1) is 19.8 Å². The fourth-order valence-electron chi connectivity index (χ4n) is 3.38. The maximum absolute atomic E-state index is 13.6. The molecule has 1 atom stereocenters. The number of methoxy groups -OCH3 is 1. The number of aromatic nitrogens is 1. The first-order valence-electron chi connectivity index (χ1n) is 11.1. The van der Waals surface area contributed by atoms with Crippen LogP contribution >= 0.6 is 0 Å². The number of ether oxygens (including phenoxy) is 2. The smallest absolute Gasteiger partial charge is 0.337 e. The number of benzene rings is 2. The van der Waals surface area contributed by atoms with Gasteiger partial charge in [0.1, 0.15) is 12.4 Å². The van der Waals surface area contributed by atoms with Crippen molar-refractivity contribution in [2.45, 2.75) is 32.4 Å². The van der Waals surface area contributed by atoms with E-state index in [9.17, 15) is 18.3 Å². The average molecular weight is 499 g/mol. The largest absolute Gasteiger partial charge is 0.487 e. The van der Waals surface area contributed by atoms with Crippen LogP contribution in [0.2, 0.25) is 0 Å². The molecule has 8 nitrogen and oxygen atoms in total. The fourth-order valence-corrected chi connectivity index (χ4v) is 4.90. The topological polar surface area (TPSA) is 106 Å². The number of hydrogen-bond donors (Lipinski definition) is 1. The van der Waals surface area contributed by atoms with Gasteiger partial charge in [0.25, 0.3) is 10.0 Å². The molecule has 0 saturated heterocycles. The number of rotatable bonds is 10. The Morgan fingerprint density at radius 1 is 1.09 bits per heavy atom. The minimum Gasteiger partial charge on any atom is -0.487 e. The number of aliphatic hydroxyl groups excluding tert-OH is 1. The van der Waals surface area contributed by atoms with Crippen LogP contribution in [0.5, 0.6) is 5.75 Å². The summed E-state index contributed by atoms with van der Waals surface area (Å²) in [7, 11) is -2.71. The molecule has 0 amide bonds. The van der Waals surface area contributed by atoms with Gasteiger partial charge in [-0.05, 0) is 72.9 Å². The van der Waals surface area contributed by atoms with Gasteiger partial charge in [0, 0.05) is 19.3 Å². The van der Waals surface area contributed by atoms with Gasteiger partial charge in [0.05, 0.1) is 18.4 Å². The SMILES string of the molecule is COC(=O)c1ccc(COc2cc(C)c(C)cc2N(C[C@@H](C)CO)S(=O)(=O)c2ccccn2)cc1. The molecule has 9 heteroatoms. The summed E-state index contributed by atoms with van der Waals surface area (Å²) in [5, 5.41) is 9.57. The third-order valence-electron chi connectivity index (χ3n) is 5.59. The Morgan fingerprint density at radius 3 is 2.37 bits per heavy atom. The Bertz CT molecular complexity index is 1260. The maximum atomic E-state index is 13.6. The number of pyridine rings is 1. The Kier molecular flexibility index (Phi) is 8.48. The predicted octanol–water partition coefficient (Wildman–Crippen LogP) is 3.89. The summed E-state index contributed by atoms with van der Waals surface area (Å²) in [6, 6.07) is 15.1. The van der Waals surface area contributed by atoms with Gasteiger partial charge in [-0.2, -0.15) is 8.42 Å². The minimum atomic E-state index is -4.03. The lowest BCUT2D eigenvalue weighted by Crippen LogP contribution is -2.36. The molecule has 3 aromatic rings. The summed E-state index contributed by atoms with van der Waals surface area (Å²) in [6.07, 6.45) is 1.43. The number of hydrogen-bond acceptors (Lipinski definition) is 7. The second-order valence-electron chi connectivity index (χ2n) is 8.37. The summed E-state index contributed by atoms with van der Waals surface area (Å²) in [6.45, 7) is 5.61. The highest BCUT2D eigenvalue weighted by molar-refractivity contribution is 7.92. The Balaban J connectivity index is 2.00. The first-order chi connectivity index (χ1) is 16.7. The summed E-state index contributed by atoms with van der Waals surface area (Å²) in [4.78, 5) is 15.7. The number of aliphatic hydroxyl groups is 1. The molecule has 0 aliphatic carbocycles. The van der Waals surface area contributed by atoms with E-state index in [1.54, 1.807) is 55.5 Å². The number of esters is 1. The molecule has 0 unspecified atom stereocenters. The van der Waals surface area contributed by atoms with Gasteiger partial charge < -0.3 is 14.6 Å². The number of nitrogens with zero attached hydrogens (tertiary/aromatic N) is 2. The lowest BCUT2D eigenvalue weighted by molar-refractivity contribution is 0.0600. The molecule has 0 spiro atoms. The van der Waals surface area contributed by atoms with E-state index in [1.807, 2.05) is 13.8 Å². The predicted molar refractivity (Wildman–Crippen MR) is 133 cm³/mol. The lowest BCUT2D eigenvalue weighted by Gasteiger charge is -2.29. The molecular weight excluding hydrogens is 468 g/mol. The molecule has 3 rings (SSSR count). The third-order valence-corrected chi connectivity index (χ3v) is 7.29. The molecule has 0 radical (unpaired) electrons. The van der Waals surface area contributed by atoms with E-state index in [4.69, 9.17) is 9.47 Å². The van der Waals surface area contributed by atoms with Crippen molar-refractivity contribution in [3.8, 4) is 5.75 Å². The van der Waals surface area contributed by atoms with Crippen LogP contribution in [0.1, 0.15) is 34.0 Å². The molecule has 1 heterocycles. The van der Waals surface area contributed by atoms with Gasteiger partial charge >= 0.3 is 5.97 Å². The lowest BCUT2D eigenvalue weighted by atomic mass is 10.1. The van der Waals surface area contributed by atoms with E-state index in [2.05, 4.69) is 4.98 Å². The quantitative estimate of drug-likeness (QED) is 0.423. The Morgan fingerprint density at radius 2 is 1.77 bits per heavy atom. The number of carbonyl (C=O) groups is 1. The summed E-state index contributed by atoms with van der Waals surface area (Å²) < 4.78 is 39.3. The van der Waals surface area contributed by atoms with Crippen LogP contribution in [-0.2, 0) is 21.4 Å². The fraction of sp³-hybridized carbons (Fsp3) is 0.308. The average Bonchev–Trinajstić information content (AvgIpc) is 2.87. The number of aryl methyl sites for hydroxylation is 2. The molecule has 0 aliphatic heterocycles. The van der Waals surface area contributed by atoms with Crippen molar-refractivity contribution in [3.05, 3.63) is 83.0 Å². The second-order valence-corrected chi connectivity index (χ2v) is 10.2. The monoisotopic (exact) mass is 498 g/mol. The first kappa shape index (κ1) is 26.2. The molecule has 0 aliphatic rings. The Hall–Kier alpha value is -3.43. The van der Waals surface area contributed by atoms with Crippen LogP contribution in [0.4, 0.5) is 5.69 Å². The van der Waals surface area contributed by atoms with Crippen molar-refractivity contribution in [1.82, 2.24) is 4.98 Å². The molecule has 0 saturated carbocycles. The van der Waals surface area contributed by atoms with Crippen molar-refractivity contribution in [2.24, 2.45) is 5.92 Å². The van der Waals surface area contributed by atoms with Gasteiger partial charge in [-0.1, -0.05) is 25.1 Å². The minimum absolute atomic E-state index is 0.0437. The van der Waals surface area contributed by atoms with Crippen molar-refractivity contribution in [1.29, 1.82) is 0 Å². The third kappa shape index (κ3) is 6.17. The van der Waals surface area contributed by atoms with Crippen LogP contribution in [0.3, 0.4) is 0 Å². The Labute approximate surface area is 206 Å². The van der Waals surface area contributed by atoms with Crippen LogP contribution in [-0.4, -0.2) is 44.7 Å². The van der Waals surface area contributed by atoms with E-state index in [0.29, 0.717) is 17.0 Å². The molecule has 0 fully saturated rings. The van der Waals surface area contributed by atoms with E-state index in [1.165, 1.54) is 23.7 Å². The second kappa shape index (κ2) is 11.3. The zero-order valence-corrected chi connectivity index (χ0v) is 21.1. The highest BCUT2D eigenvalue weighted by atomic mass is 32.2. The van der Waals surface area contributed by atoms with E-state index < -0.39 is 16.0 Å². The molecule has 186 valence electrons. The molecule has 2 aromatic carbocycles. The van der Waals surface area contributed by atoms with Crippen LogP contribution in [0.25, 0.3) is 0 Å². The van der Waals surface area contributed by atoms with Gasteiger partial charge in [0.15, 0.2) is 5.03 Å². The van der Waals surface area contributed by atoms with Gasteiger partial charge in [-0.25, -0.2) is 9.78 Å². The van der Waals surface area contributed by atoms with E-state index >= 15 is 0 Å². The van der Waals surface area contributed by atoms with Crippen molar-refractivity contribution in [2.75, 3.05) is 24.6 Å². The number of carbonyl (C=O) groups excluding carboxylic acids is 1. The maximum Gasteiger partial charge on any atom is 0.337 e. The summed E-state index contributed by atoms with van der Waals surface area (Å²) in [5.74, 6) is -0.370. The van der Waals surface area contributed by atoms with E-state index in [0.717, 1.165) is 16.7 Å². The zero-order chi connectivity index (χ0) is 25.6. The normalized spacial score (nSPS) is 12.1. The molecule has 1 aromatic heterocycles. The van der Waals surface area contributed by atoms with Crippen LogP contribution in [0.15, 0.2) is 65.8 Å². The van der Waals surface area contributed by atoms with Crippen LogP contribution < -0.4 is 9.04 Å². The standard InChI is InChI=1S/C26H30N2O6S/c1-18(16-29)15-28(35(31,32)25-7-5-6-12-27-25)23-13-19(2)20(3)14-24(23)34-17-21-8-10-22(11-9-21)26(30)33-4/h5-14,18,29H,15-17H2,1-4H3/t18-/m1/s1. The molecular formula is C26H30N2O6S. The highest BCUT2D eigenvalue weighted by Crippen LogP contribution is 2.36. The van der Waals surface area contributed by atoms with Gasteiger partial charge in [-0.3, -0.25) is 4.31 Å². The molecule has 1 N–H and O–H groups in total. The van der Waals surface area contributed by atoms with E-state index in [-0.39, 0.29) is 30.7 Å². The van der Waals surface area contributed by atoms with Crippen molar-refractivity contribution < 1.29 is 27.8 Å². The summed E-state index contributed by atoms with van der Waals surface area (Å²) in [5.41, 5.74) is 3.42. The highest BCUT2D eigenvalue weighted by Gasteiger charge is 2.30. The summed E-state index contributed by atoms with van der Waals surface area (Å²) >= 11 is 0. The van der Waals surface area contributed by atoms with Gasteiger partial charge in [-0.15, -0.1) is 0 Å². The molecule has 35 heavy (non-hydrogen) atoms. The zero-order valence-electron chi connectivity index (χ0n) is 20.3. The van der Waals surface area contributed by atoms with Crippen molar-refractivity contribution in [3.63, 3.8) is 0 Å². The molecule has 0 bridgehead atoms. The first-order valence-corrected chi connectivity index (χ1v) is 12.6. The van der Waals surface area contributed by atoms with Gasteiger partial charge in [0.2, 0.25) is 0 Å². The number of sulfonamides is 1. The number of anilines is 1.